The second-order valence-corrected chi connectivity index (χ2v) is 5.23. The lowest BCUT2D eigenvalue weighted by atomic mass is 9.63. The first kappa shape index (κ1) is 16.1. The zero-order valence-corrected chi connectivity index (χ0v) is 12.9. The SMILES string of the molecule is C.CC.CC#CC1=C2C=CC3=CC=CC4=CC=C(C=C1)C2C34. The van der Waals surface area contributed by atoms with Crippen molar-refractivity contribution in [1.82, 2.24) is 0 Å². The van der Waals surface area contributed by atoms with Crippen molar-refractivity contribution in [1.29, 1.82) is 0 Å². The van der Waals surface area contributed by atoms with E-state index in [1.165, 1.54) is 27.9 Å². The third-order valence-electron chi connectivity index (χ3n) is 4.26. The molecule has 0 radical (unpaired) electrons. The van der Waals surface area contributed by atoms with Gasteiger partial charge in [0.1, 0.15) is 0 Å². The van der Waals surface area contributed by atoms with E-state index in [2.05, 4.69) is 66.5 Å². The second kappa shape index (κ2) is 6.67. The molecule has 0 aromatic heterocycles. The number of allylic oxidation sites excluding steroid dienone is 14. The van der Waals surface area contributed by atoms with Gasteiger partial charge in [0.2, 0.25) is 0 Å². The molecule has 112 valence electrons. The predicted octanol–water partition coefficient (Wildman–Crippen LogP) is 5.70. The Kier molecular flexibility index (Phi) is 4.88. The third kappa shape index (κ3) is 2.38. The molecule has 0 bridgehead atoms. The van der Waals surface area contributed by atoms with Crippen LogP contribution in [0.3, 0.4) is 0 Å². The van der Waals surface area contributed by atoms with E-state index in [0.29, 0.717) is 11.8 Å². The number of hydrogen-bond donors (Lipinski definition) is 0. The zero-order valence-electron chi connectivity index (χ0n) is 12.9. The Balaban J connectivity index is 0.000000566. The molecule has 0 aromatic rings. The maximum Gasteiger partial charge on any atom is 0.0283 e. The van der Waals surface area contributed by atoms with E-state index in [1.54, 1.807) is 0 Å². The van der Waals surface area contributed by atoms with Crippen molar-refractivity contribution >= 4 is 0 Å². The standard InChI is InChI=1S/C19H14.C2H6.CH4/c1-2-4-13-7-8-16-10-9-14-5-3-6-15-11-12-17(13)19(16)18(14)15;1-2;/h3,5-12,18-19H,1H3;1-2H3;1H4. The maximum absolute atomic E-state index is 3.25. The van der Waals surface area contributed by atoms with Gasteiger partial charge in [-0.1, -0.05) is 75.8 Å². The van der Waals surface area contributed by atoms with Crippen molar-refractivity contribution in [3.8, 4) is 11.8 Å². The fraction of sp³-hybridized carbons (Fsp3) is 0.273. The van der Waals surface area contributed by atoms with Crippen LogP contribution in [0.15, 0.2) is 82.5 Å². The lowest BCUT2D eigenvalue weighted by Gasteiger charge is -2.39. The van der Waals surface area contributed by atoms with Gasteiger partial charge >= 0.3 is 0 Å². The molecule has 0 N–H and O–H groups in total. The van der Waals surface area contributed by atoms with Crippen LogP contribution in [0, 0.1) is 23.7 Å². The molecule has 0 saturated carbocycles. The van der Waals surface area contributed by atoms with E-state index in [0.717, 1.165) is 0 Å². The molecular formula is C22H24. The summed E-state index contributed by atoms with van der Waals surface area (Å²) in [7, 11) is 0. The van der Waals surface area contributed by atoms with Gasteiger partial charge in [-0.15, -0.1) is 5.92 Å². The van der Waals surface area contributed by atoms with E-state index in [9.17, 15) is 0 Å². The summed E-state index contributed by atoms with van der Waals surface area (Å²) in [6, 6.07) is 0. The molecule has 2 unspecified atom stereocenters. The van der Waals surface area contributed by atoms with Crippen LogP contribution in [-0.4, -0.2) is 0 Å². The third-order valence-corrected chi connectivity index (χ3v) is 4.26. The van der Waals surface area contributed by atoms with Crippen LogP contribution in [-0.2, 0) is 0 Å². The fourth-order valence-electron chi connectivity index (χ4n) is 3.45. The highest BCUT2D eigenvalue weighted by Crippen LogP contribution is 2.49. The van der Waals surface area contributed by atoms with Crippen LogP contribution in [0.25, 0.3) is 0 Å². The minimum absolute atomic E-state index is 0. The summed E-state index contributed by atoms with van der Waals surface area (Å²) in [4.78, 5) is 0. The maximum atomic E-state index is 3.25. The average molecular weight is 288 g/mol. The van der Waals surface area contributed by atoms with Gasteiger partial charge in [0.15, 0.2) is 0 Å². The molecule has 0 amide bonds. The van der Waals surface area contributed by atoms with Gasteiger partial charge in [-0.05, 0) is 35.3 Å². The first-order valence-corrected chi connectivity index (χ1v) is 7.71. The van der Waals surface area contributed by atoms with Gasteiger partial charge in [0.05, 0.1) is 0 Å². The van der Waals surface area contributed by atoms with E-state index in [4.69, 9.17) is 0 Å². The van der Waals surface area contributed by atoms with E-state index < -0.39 is 0 Å². The highest BCUT2D eigenvalue weighted by Gasteiger charge is 2.37. The summed E-state index contributed by atoms with van der Waals surface area (Å²) in [5.41, 5.74) is 6.82. The lowest BCUT2D eigenvalue weighted by molar-refractivity contribution is 0.562. The molecule has 22 heavy (non-hydrogen) atoms. The highest BCUT2D eigenvalue weighted by molar-refractivity contribution is 5.64. The topological polar surface area (TPSA) is 0 Å². The summed E-state index contributed by atoms with van der Waals surface area (Å²) in [6.07, 6.45) is 20.1. The number of rotatable bonds is 0. The van der Waals surface area contributed by atoms with Crippen molar-refractivity contribution in [3.05, 3.63) is 82.5 Å². The van der Waals surface area contributed by atoms with E-state index in [1.807, 2.05) is 20.8 Å². The molecule has 4 aliphatic carbocycles. The van der Waals surface area contributed by atoms with Crippen molar-refractivity contribution in [2.75, 3.05) is 0 Å². The van der Waals surface area contributed by atoms with Gasteiger partial charge in [-0.25, -0.2) is 0 Å². The minimum Gasteiger partial charge on any atom is -0.101 e. The summed E-state index contributed by atoms with van der Waals surface area (Å²) < 4.78 is 0. The van der Waals surface area contributed by atoms with Crippen LogP contribution < -0.4 is 0 Å². The van der Waals surface area contributed by atoms with Gasteiger partial charge < -0.3 is 0 Å². The van der Waals surface area contributed by atoms with Gasteiger partial charge in [-0.3, -0.25) is 0 Å². The van der Waals surface area contributed by atoms with E-state index >= 15 is 0 Å². The fourth-order valence-corrected chi connectivity index (χ4v) is 3.45. The first-order valence-electron chi connectivity index (χ1n) is 7.71. The largest absolute Gasteiger partial charge is 0.101 e. The Hall–Kier alpha value is -2.26. The number of hydrogen-bond acceptors (Lipinski definition) is 0. The molecule has 0 heterocycles. The normalized spacial score (nSPS) is 25.3. The lowest BCUT2D eigenvalue weighted by Crippen LogP contribution is -2.29. The van der Waals surface area contributed by atoms with Crippen LogP contribution in [0.4, 0.5) is 0 Å². The Morgan fingerprint density at radius 1 is 0.773 bits per heavy atom. The molecule has 0 aromatic carbocycles. The van der Waals surface area contributed by atoms with Gasteiger partial charge in [0, 0.05) is 17.4 Å². The Morgan fingerprint density at radius 3 is 2.14 bits per heavy atom. The Labute approximate surface area is 135 Å². The molecular weight excluding hydrogens is 264 g/mol. The molecule has 4 rings (SSSR count). The van der Waals surface area contributed by atoms with Crippen molar-refractivity contribution in [2.24, 2.45) is 11.8 Å². The predicted molar refractivity (Wildman–Crippen MR) is 97.2 cm³/mol. The molecule has 0 fully saturated rings. The molecule has 0 spiro atoms. The molecule has 4 aliphatic rings. The van der Waals surface area contributed by atoms with Crippen LogP contribution in [0.2, 0.25) is 0 Å². The summed E-state index contributed by atoms with van der Waals surface area (Å²) in [5.74, 6) is 7.23. The summed E-state index contributed by atoms with van der Waals surface area (Å²) in [6.45, 7) is 5.90. The quantitative estimate of drug-likeness (QED) is 0.501. The van der Waals surface area contributed by atoms with Crippen molar-refractivity contribution < 1.29 is 0 Å². The van der Waals surface area contributed by atoms with E-state index in [-0.39, 0.29) is 7.43 Å². The minimum atomic E-state index is 0. The zero-order chi connectivity index (χ0) is 14.8. The molecule has 0 heteroatoms. The summed E-state index contributed by atoms with van der Waals surface area (Å²) in [5, 5.41) is 0. The Bertz CT molecular complexity index is 731. The van der Waals surface area contributed by atoms with Crippen molar-refractivity contribution in [3.63, 3.8) is 0 Å². The summed E-state index contributed by atoms with van der Waals surface area (Å²) >= 11 is 0. The average Bonchev–Trinajstić information content (AvgIpc) is 2.56. The molecule has 2 atom stereocenters. The van der Waals surface area contributed by atoms with Crippen LogP contribution in [0.1, 0.15) is 28.2 Å². The highest BCUT2D eigenvalue weighted by atomic mass is 14.4. The second-order valence-electron chi connectivity index (χ2n) is 5.23. The monoisotopic (exact) mass is 288 g/mol. The van der Waals surface area contributed by atoms with Crippen molar-refractivity contribution in [2.45, 2.75) is 28.2 Å². The van der Waals surface area contributed by atoms with Crippen LogP contribution in [0.5, 0.6) is 0 Å². The van der Waals surface area contributed by atoms with Crippen LogP contribution >= 0.6 is 0 Å². The molecule has 0 nitrogen and oxygen atoms in total. The van der Waals surface area contributed by atoms with Gasteiger partial charge in [-0.2, -0.15) is 0 Å². The molecule has 0 aliphatic heterocycles. The Morgan fingerprint density at radius 2 is 1.41 bits per heavy atom. The van der Waals surface area contributed by atoms with Gasteiger partial charge in [0.25, 0.3) is 0 Å². The first-order chi connectivity index (χ1) is 10.4. The smallest absolute Gasteiger partial charge is 0.0283 e. The molecule has 0 saturated heterocycles.